The summed E-state index contributed by atoms with van der Waals surface area (Å²) in [5.74, 6) is 1.29. The third-order valence-electron chi connectivity index (χ3n) is 4.86. The third-order valence-corrected chi connectivity index (χ3v) is 6.08. The molecule has 0 saturated carbocycles. The van der Waals surface area contributed by atoms with Crippen LogP contribution >= 0.6 is 11.3 Å². The smallest absolute Gasteiger partial charge is 0.260 e. The zero-order valence-corrected chi connectivity index (χ0v) is 18.5. The van der Waals surface area contributed by atoms with Gasteiger partial charge in [0.2, 0.25) is 0 Å². The maximum atomic E-state index is 13.5. The summed E-state index contributed by atoms with van der Waals surface area (Å²) in [6, 6.07) is 14.9. The van der Waals surface area contributed by atoms with Crippen LogP contribution in [0, 0.1) is 6.92 Å². The van der Waals surface area contributed by atoms with Crippen LogP contribution in [0.3, 0.4) is 0 Å². The van der Waals surface area contributed by atoms with Gasteiger partial charge in [-0.2, -0.15) is 0 Å². The molecule has 0 N–H and O–H groups in total. The van der Waals surface area contributed by atoms with Gasteiger partial charge in [-0.25, -0.2) is 4.98 Å². The van der Waals surface area contributed by atoms with Gasteiger partial charge in [0, 0.05) is 18.0 Å². The number of aryl methyl sites for hydroxylation is 1. The summed E-state index contributed by atoms with van der Waals surface area (Å²) in [6.45, 7) is 4.90. The zero-order valence-electron chi connectivity index (χ0n) is 17.7. The number of fused-ring (bicyclic) bond motifs is 1. The minimum Gasteiger partial charge on any atom is -0.494 e. The second kappa shape index (κ2) is 9.14. The number of rotatable bonds is 7. The largest absolute Gasteiger partial charge is 0.494 e. The lowest BCUT2D eigenvalue weighted by molar-refractivity contribution is 0.0985. The maximum absolute atomic E-state index is 13.5. The SMILES string of the molecule is CCOc1ccc(C(=O)N(Cc2cccnc2)c2nc3c(OC)ccc(C)c3s2)cc1. The molecule has 2 aromatic heterocycles. The Morgan fingerprint density at radius 3 is 2.61 bits per heavy atom. The molecule has 4 rings (SSSR count). The molecule has 0 radical (unpaired) electrons. The van der Waals surface area contributed by atoms with Gasteiger partial charge in [0.05, 0.1) is 25.0 Å². The molecule has 4 aromatic rings. The molecule has 158 valence electrons. The number of amides is 1. The number of anilines is 1. The number of hydrogen-bond donors (Lipinski definition) is 0. The van der Waals surface area contributed by atoms with E-state index >= 15 is 0 Å². The average molecular weight is 434 g/mol. The number of benzene rings is 2. The van der Waals surface area contributed by atoms with Crippen LogP contribution in [0.1, 0.15) is 28.4 Å². The molecule has 0 spiro atoms. The summed E-state index contributed by atoms with van der Waals surface area (Å²) in [5, 5.41) is 0.616. The predicted octanol–water partition coefficient (Wildman–Crippen LogP) is 5.25. The van der Waals surface area contributed by atoms with Crippen LogP contribution in [0.4, 0.5) is 5.13 Å². The van der Waals surface area contributed by atoms with Crippen LogP contribution in [0.15, 0.2) is 60.9 Å². The number of hydrogen-bond acceptors (Lipinski definition) is 6. The molecular formula is C24H23N3O3S. The highest BCUT2D eigenvalue weighted by molar-refractivity contribution is 7.22. The van der Waals surface area contributed by atoms with Gasteiger partial charge >= 0.3 is 0 Å². The Hall–Kier alpha value is -3.45. The molecule has 0 atom stereocenters. The third kappa shape index (κ3) is 4.36. The fourth-order valence-electron chi connectivity index (χ4n) is 3.30. The minimum atomic E-state index is -0.137. The topological polar surface area (TPSA) is 64.5 Å². The summed E-state index contributed by atoms with van der Waals surface area (Å²) in [6.07, 6.45) is 3.48. The second-order valence-electron chi connectivity index (χ2n) is 6.97. The van der Waals surface area contributed by atoms with Crippen molar-refractivity contribution < 1.29 is 14.3 Å². The van der Waals surface area contributed by atoms with Crippen LogP contribution in [-0.4, -0.2) is 29.6 Å². The molecule has 2 aromatic carbocycles. The lowest BCUT2D eigenvalue weighted by atomic mass is 10.2. The number of methoxy groups -OCH3 is 1. The fraction of sp³-hybridized carbons (Fsp3) is 0.208. The van der Waals surface area contributed by atoms with Crippen LogP contribution in [0.2, 0.25) is 0 Å². The fourth-order valence-corrected chi connectivity index (χ4v) is 4.34. The maximum Gasteiger partial charge on any atom is 0.260 e. The molecule has 31 heavy (non-hydrogen) atoms. The van der Waals surface area contributed by atoms with Crippen LogP contribution in [0.5, 0.6) is 11.5 Å². The normalized spacial score (nSPS) is 10.8. The van der Waals surface area contributed by atoms with E-state index in [1.54, 1.807) is 36.5 Å². The van der Waals surface area contributed by atoms with E-state index in [0.29, 0.717) is 29.6 Å². The molecule has 0 bridgehead atoms. The number of aromatic nitrogens is 2. The lowest BCUT2D eigenvalue weighted by Gasteiger charge is -2.20. The minimum absolute atomic E-state index is 0.137. The number of ether oxygens (including phenoxy) is 2. The van der Waals surface area contributed by atoms with Crippen molar-refractivity contribution in [2.75, 3.05) is 18.6 Å². The first-order valence-electron chi connectivity index (χ1n) is 9.98. The predicted molar refractivity (Wildman–Crippen MR) is 123 cm³/mol. The van der Waals surface area contributed by atoms with Crippen LogP contribution in [-0.2, 0) is 6.54 Å². The zero-order chi connectivity index (χ0) is 21.8. The number of carbonyl (C=O) groups excluding carboxylic acids is 1. The average Bonchev–Trinajstić information content (AvgIpc) is 3.25. The van der Waals surface area contributed by atoms with E-state index in [9.17, 15) is 4.79 Å². The highest BCUT2D eigenvalue weighted by Crippen LogP contribution is 2.37. The molecule has 0 fully saturated rings. The Bertz CT molecular complexity index is 1190. The van der Waals surface area contributed by atoms with Gasteiger partial charge in [-0.1, -0.05) is 23.5 Å². The van der Waals surface area contributed by atoms with Gasteiger partial charge in [0.25, 0.3) is 5.91 Å². The highest BCUT2D eigenvalue weighted by Gasteiger charge is 2.23. The first-order valence-corrected chi connectivity index (χ1v) is 10.8. The molecule has 0 saturated heterocycles. The first kappa shape index (κ1) is 20.8. The van der Waals surface area contributed by atoms with Gasteiger partial charge in [-0.05, 0) is 61.4 Å². The summed E-state index contributed by atoms with van der Waals surface area (Å²) >= 11 is 1.48. The molecule has 2 heterocycles. The van der Waals surface area contributed by atoms with Gasteiger partial charge in [-0.3, -0.25) is 14.7 Å². The summed E-state index contributed by atoms with van der Waals surface area (Å²) in [5.41, 5.74) is 3.34. The van der Waals surface area contributed by atoms with Gasteiger partial charge in [0.1, 0.15) is 17.0 Å². The molecule has 0 aliphatic heterocycles. The Morgan fingerprint density at radius 1 is 1.13 bits per heavy atom. The lowest BCUT2D eigenvalue weighted by Crippen LogP contribution is -2.30. The first-order chi connectivity index (χ1) is 15.1. The van der Waals surface area contributed by atoms with Crippen molar-refractivity contribution in [1.29, 1.82) is 0 Å². The summed E-state index contributed by atoms with van der Waals surface area (Å²) in [7, 11) is 1.63. The standard InChI is InChI=1S/C24H23N3O3S/c1-4-30-19-10-8-18(9-11-19)23(28)27(15-17-6-5-13-25-14-17)24-26-21-20(29-3)12-7-16(2)22(21)31-24/h5-14H,4,15H2,1-3H3. The number of thiazole rings is 1. The Balaban J connectivity index is 1.76. The van der Waals surface area contributed by atoms with E-state index in [2.05, 4.69) is 4.98 Å². The molecule has 7 heteroatoms. The van der Waals surface area contributed by atoms with E-state index in [4.69, 9.17) is 14.5 Å². The van der Waals surface area contributed by atoms with Gasteiger partial charge in [-0.15, -0.1) is 0 Å². The molecule has 6 nitrogen and oxygen atoms in total. The van der Waals surface area contributed by atoms with E-state index in [-0.39, 0.29) is 5.91 Å². The van der Waals surface area contributed by atoms with E-state index in [1.165, 1.54) is 11.3 Å². The van der Waals surface area contributed by atoms with E-state index in [0.717, 1.165) is 27.1 Å². The Kier molecular flexibility index (Phi) is 6.13. The highest BCUT2D eigenvalue weighted by atomic mass is 32.1. The van der Waals surface area contributed by atoms with Gasteiger partial charge in [0.15, 0.2) is 5.13 Å². The Labute approximate surface area is 185 Å². The van der Waals surface area contributed by atoms with Crippen molar-refractivity contribution in [3.8, 4) is 11.5 Å². The van der Waals surface area contributed by atoms with Crippen LogP contribution < -0.4 is 14.4 Å². The molecule has 0 unspecified atom stereocenters. The monoisotopic (exact) mass is 433 g/mol. The number of carbonyl (C=O) groups is 1. The quantitative estimate of drug-likeness (QED) is 0.398. The number of pyridine rings is 1. The molecule has 0 aliphatic carbocycles. The van der Waals surface area contributed by atoms with Gasteiger partial charge < -0.3 is 9.47 Å². The van der Waals surface area contributed by atoms with Crippen molar-refractivity contribution in [2.24, 2.45) is 0 Å². The molecule has 0 aliphatic rings. The van der Waals surface area contributed by atoms with E-state index < -0.39 is 0 Å². The Morgan fingerprint density at radius 2 is 1.94 bits per heavy atom. The van der Waals surface area contributed by atoms with Crippen molar-refractivity contribution in [1.82, 2.24) is 9.97 Å². The van der Waals surface area contributed by atoms with E-state index in [1.807, 2.05) is 50.2 Å². The van der Waals surface area contributed by atoms with Crippen molar-refractivity contribution in [2.45, 2.75) is 20.4 Å². The van der Waals surface area contributed by atoms with Crippen molar-refractivity contribution in [3.05, 3.63) is 77.6 Å². The second-order valence-corrected chi connectivity index (χ2v) is 7.95. The van der Waals surface area contributed by atoms with Crippen molar-refractivity contribution in [3.63, 3.8) is 0 Å². The van der Waals surface area contributed by atoms with Crippen molar-refractivity contribution >= 4 is 32.6 Å². The molecular weight excluding hydrogens is 410 g/mol. The molecule has 1 amide bonds. The number of nitrogens with zero attached hydrogens (tertiary/aromatic N) is 3. The van der Waals surface area contributed by atoms with Crippen LogP contribution in [0.25, 0.3) is 10.2 Å². The summed E-state index contributed by atoms with van der Waals surface area (Å²) < 4.78 is 12.0. The summed E-state index contributed by atoms with van der Waals surface area (Å²) in [4.78, 5) is 24.2.